The van der Waals surface area contributed by atoms with Gasteiger partial charge in [-0.05, 0) is 31.2 Å². The molecule has 1 heterocycles. The lowest BCUT2D eigenvalue weighted by Gasteiger charge is -2.17. The van der Waals surface area contributed by atoms with Gasteiger partial charge in [-0.2, -0.15) is 0 Å². The number of carboxylic acid groups (broad SMARTS) is 1. The van der Waals surface area contributed by atoms with Crippen LogP contribution in [0.25, 0.3) is 0 Å². The molecule has 0 aliphatic heterocycles. The Morgan fingerprint density at radius 1 is 1.42 bits per heavy atom. The van der Waals surface area contributed by atoms with Crippen molar-refractivity contribution in [1.29, 1.82) is 0 Å². The molecule has 1 aromatic heterocycles. The van der Waals surface area contributed by atoms with Gasteiger partial charge >= 0.3 is 5.97 Å². The van der Waals surface area contributed by atoms with Crippen molar-refractivity contribution in [3.05, 3.63) is 53.2 Å². The highest BCUT2D eigenvalue weighted by atomic mass is 19.1. The molecule has 19 heavy (non-hydrogen) atoms. The minimum Gasteiger partial charge on any atom is -0.478 e. The summed E-state index contributed by atoms with van der Waals surface area (Å²) in [5.74, 6) is -0.427. The second kappa shape index (κ2) is 5.14. The predicted molar refractivity (Wildman–Crippen MR) is 68.9 cm³/mol. The number of benzene rings is 1. The molecule has 5 heteroatoms. The Kier molecular flexibility index (Phi) is 3.55. The van der Waals surface area contributed by atoms with E-state index in [9.17, 15) is 9.18 Å². The highest BCUT2D eigenvalue weighted by Gasteiger charge is 2.15. The minimum atomic E-state index is -1.01. The molecule has 100 valence electrons. The van der Waals surface area contributed by atoms with Gasteiger partial charge in [-0.1, -0.05) is 6.07 Å². The average molecular weight is 263 g/mol. The zero-order chi connectivity index (χ0) is 14.0. The lowest BCUT2D eigenvalue weighted by atomic mass is 10.2. The molecule has 0 amide bonds. The third kappa shape index (κ3) is 2.93. The molecule has 2 rings (SSSR count). The summed E-state index contributed by atoms with van der Waals surface area (Å²) in [7, 11) is 1.78. The first-order valence-electron chi connectivity index (χ1n) is 5.76. The fraction of sp³-hybridized carbons (Fsp3) is 0.214. The number of nitrogens with zero attached hydrogens (tertiary/aromatic N) is 1. The van der Waals surface area contributed by atoms with Gasteiger partial charge in [0.25, 0.3) is 0 Å². The molecule has 0 fully saturated rings. The predicted octanol–water partition coefficient (Wildman–Crippen LogP) is 3.06. The van der Waals surface area contributed by atoms with Crippen LogP contribution in [0.5, 0.6) is 0 Å². The van der Waals surface area contributed by atoms with Crippen molar-refractivity contribution >= 4 is 11.7 Å². The van der Waals surface area contributed by atoms with Crippen molar-refractivity contribution in [2.24, 2.45) is 0 Å². The average Bonchev–Trinajstić information content (AvgIpc) is 2.70. The van der Waals surface area contributed by atoms with E-state index < -0.39 is 5.97 Å². The number of aromatic carboxylic acids is 1. The summed E-state index contributed by atoms with van der Waals surface area (Å²) < 4.78 is 18.5. The molecule has 0 atom stereocenters. The van der Waals surface area contributed by atoms with Crippen LogP contribution in [0, 0.1) is 12.7 Å². The van der Waals surface area contributed by atoms with Crippen LogP contribution in [0.4, 0.5) is 10.1 Å². The number of anilines is 1. The molecule has 0 radical (unpaired) electrons. The zero-order valence-electron chi connectivity index (χ0n) is 10.7. The Labute approximate surface area is 110 Å². The first kappa shape index (κ1) is 13.1. The van der Waals surface area contributed by atoms with Crippen molar-refractivity contribution < 1.29 is 18.7 Å². The molecule has 0 unspecified atom stereocenters. The van der Waals surface area contributed by atoms with Crippen LogP contribution < -0.4 is 4.90 Å². The van der Waals surface area contributed by atoms with Gasteiger partial charge in [0, 0.05) is 12.7 Å². The Bertz CT molecular complexity index is 606. The van der Waals surface area contributed by atoms with Gasteiger partial charge in [-0.15, -0.1) is 0 Å². The summed E-state index contributed by atoms with van der Waals surface area (Å²) in [6, 6.07) is 7.67. The van der Waals surface area contributed by atoms with Crippen LogP contribution in [-0.2, 0) is 6.54 Å². The molecule has 0 spiro atoms. The number of hydrogen-bond acceptors (Lipinski definition) is 3. The molecule has 0 saturated carbocycles. The Morgan fingerprint density at radius 3 is 2.74 bits per heavy atom. The molecule has 1 N–H and O–H groups in total. The third-order valence-corrected chi connectivity index (χ3v) is 2.84. The Hall–Kier alpha value is -2.30. The van der Waals surface area contributed by atoms with E-state index in [2.05, 4.69) is 0 Å². The maximum absolute atomic E-state index is 13.1. The largest absolute Gasteiger partial charge is 0.478 e. The molecule has 0 saturated heterocycles. The molecule has 0 bridgehead atoms. The minimum absolute atomic E-state index is 0.155. The molecular formula is C14H14FNO3. The number of rotatable bonds is 4. The van der Waals surface area contributed by atoms with Gasteiger partial charge in [0.05, 0.1) is 6.54 Å². The number of hydrogen-bond donors (Lipinski definition) is 1. The van der Waals surface area contributed by atoms with Crippen LogP contribution >= 0.6 is 0 Å². The highest BCUT2D eigenvalue weighted by Crippen LogP contribution is 2.20. The lowest BCUT2D eigenvalue weighted by molar-refractivity contribution is 0.0695. The van der Waals surface area contributed by atoms with Gasteiger partial charge in [-0.3, -0.25) is 0 Å². The second-order valence-corrected chi connectivity index (χ2v) is 4.32. The monoisotopic (exact) mass is 263 g/mol. The number of furan rings is 1. The van der Waals surface area contributed by atoms with Gasteiger partial charge in [-0.25, -0.2) is 9.18 Å². The maximum Gasteiger partial charge on any atom is 0.339 e. The third-order valence-electron chi connectivity index (χ3n) is 2.84. The standard InChI is InChI=1S/C14H14FNO3/c1-9-13(14(17)18)7-12(19-9)8-16(2)11-5-3-4-10(15)6-11/h3-7H,8H2,1-2H3,(H,17,18). The van der Waals surface area contributed by atoms with E-state index in [-0.39, 0.29) is 11.4 Å². The van der Waals surface area contributed by atoms with E-state index >= 15 is 0 Å². The fourth-order valence-electron chi connectivity index (χ4n) is 1.87. The van der Waals surface area contributed by atoms with Crippen molar-refractivity contribution in [3.63, 3.8) is 0 Å². The van der Waals surface area contributed by atoms with Gasteiger partial charge < -0.3 is 14.4 Å². The summed E-state index contributed by atoms with van der Waals surface area (Å²) in [5, 5.41) is 8.94. The smallest absolute Gasteiger partial charge is 0.339 e. The SMILES string of the molecule is Cc1oc(CN(C)c2cccc(F)c2)cc1C(=O)O. The second-order valence-electron chi connectivity index (χ2n) is 4.32. The molecular weight excluding hydrogens is 249 g/mol. The van der Waals surface area contributed by atoms with Crippen LogP contribution in [-0.4, -0.2) is 18.1 Å². The highest BCUT2D eigenvalue weighted by molar-refractivity contribution is 5.88. The van der Waals surface area contributed by atoms with Crippen molar-refractivity contribution in [2.75, 3.05) is 11.9 Å². The van der Waals surface area contributed by atoms with Crippen LogP contribution in [0.3, 0.4) is 0 Å². The Morgan fingerprint density at radius 2 is 2.16 bits per heavy atom. The van der Waals surface area contributed by atoms with E-state index in [1.807, 2.05) is 0 Å². The molecule has 0 aliphatic carbocycles. The maximum atomic E-state index is 13.1. The first-order chi connectivity index (χ1) is 8.97. The van der Waals surface area contributed by atoms with Gasteiger partial charge in [0.2, 0.25) is 0 Å². The molecule has 4 nitrogen and oxygen atoms in total. The fourth-order valence-corrected chi connectivity index (χ4v) is 1.87. The summed E-state index contributed by atoms with van der Waals surface area (Å²) in [6.45, 7) is 1.98. The topological polar surface area (TPSA) is 53.7 Å². The summed E-state index contributed by atoms with van der Waals surface area (Å²) >= 11 is 0. The number of carbonyl (C=O) groups is 1. The van der Waals surface area contributed by atoms with Crippen molar-refractivity contribution in [3.8, 4) is 0 Å². The van der Waals surface area contributed by atoms with E-state index in [1.165, 1.54) is 18.2 Å². The normalized spacial score (nSPS) is 10.5. The lowest BCUT2D eigenvalue weighted by Crippen LogP contribution is -2.15. The summed E-state index contributed by atoms with van der Waals surface area (Å²) in [4.78, 5) is 12.7. The number of carboxylic acids is 1. The molecule has 1 aromatic carbocycles. The number of aryl methyl sites for hydroxylation is 1. The van der Waals surface area contributed by atoms with E-state index in [0.29, 0.717) is 23.8 Å². The van der Waals surface area contributed by atoms with Crippen molar-refractivity contribution in [1.82, 2.24) is 0 Å². The Balaban J connectivity index is 2.17. The van der Waals surface area contributed by atoms with Gasteiger partial charge in [0.15, 0.2) is 0 Å². The van der Waals surface area contributed by atoms with Crippen LogP contribution in [0.15, 0.2) is 34.7 Å². The van der Waals surface area contributed by atoms with Crippen LogP contribution in [0.2, 0.25) is 0 Å². The van der Waals surface area contributed by atoms with E-state index in [1.54, 1.807) is 31.0 Å². The van der Waals surface area contributed by atoms with E-state index in [0.717, 1.165) is 0 Å². The molecule has 2 aromatic rings. The van der Waals surface area contributed by atoms with Crippen LogP contribution in [0.1, 0.15) is 21.9 Å². The summed E-state index contributed by atoms with van der Waals surface area (Å²) in [6.07, 6.45) is 0. The van der Waals surface area contributed by atoms with Crippen molar-refractivity contribution in [2.45, 2.75) is 13.5 Å². The quantitative estimate of drug-likeness (QED) is 0.921. The first-order valence-corrected chi connectivity index (χ1v) is 5.76. The zero-order valence-corrected chi connectivity index (χ0v) is 10.7. The van der Waals surface area contributed by atoms with Gasteiger partial charge in [0.1, 0.15) is 22.9 Å². The summed E-state index contributed by atoms with van der Waals surface area (Å²) in [5.41, 5.74) is 0.855. The van der Waals surface area contributed by atoms with E-state index in [4.69, 9.17) is 9.52 Å². The number of halogens is 1. The molecule has 0 aliphatic rings.